The molecule has 0 saturated heterocycles. The van der Waals surface area contributed by atoms with Crippen molar-refractivity contribution in [2.75, 3.05) is 41.3 Å². The summed E-state index contributed by atoms with van der Waals surface area (Å²) < 4.78 is 70.7. The van der Waals surface area contributed by atoms with Crippen LogP contribution in [0.2, 0.25) is 0 Å². The van der Waals surface area contributed by atoms with Crippen LogP contribution in [-0.4, -0.2) is 85.2 Å². The molecule has 2 aromatic rings. The second kappa shape index (κ2) is 17.5. The molecule has 6 nitrogen and oxygen atoms in total. The van der Waals surface area contributed by atoms with Gasteiger partial charge in [0.1, 0.15) is 0 Å². The maximum atomic E-state index is 11.8. The van der Waals surface area contributed by atoms with Gasteiger partial charge < -0.3 is 20.0 Å². The zero-order valence-corrected chi connectivity index (χ0v) is 25.0. The molecule has 15 heteroatoms. The van der Waals surface area contributed by atoms with E-state index in [1.54, 1.807) is 10.8 Å². The smallest absolute Gasteiger partial charge is 0.448 e. The number of thiophene rings is 2. The predicted octanol–water partition coefficient (Wildman–Crippen LogP) is 5.98. The molecule has 0 aliphatic heterocycles. The van der Waals surface area contributed by atoms with Crippen LogP contribution in [0.4, 0.5) is 26.3 Å². The van der Waals surface area contributed by atoms with E-state index in [0.29, 0.717) is 0 Å². The Morgan fingerprint density at radius 1 is 0.757 bits per heavy atom. The summed E-state index contributed by atoms with van der Waals surface area (Å²) in [5.74, 6) is -5.46. The van der Waals surface area contributed by atoms with Gasteiger partial charge in [0.15, 0.2) is 11.6 Å². The van der Waals surface area contributed by atoms with Crippen molar-refractivity contribution in [1.82, 2.24) is 9.80 Å². The summed E-state index contributed by atoms with van der Waals surface area (Å²) >= 11 is 2.02. The minimum absolute atomic E-state index is 0. The van der Waals surface area contributed by atoms with Crippen LogP contribution in [0.15, 0.2) is 58.7 Å². The van der Waals surface area contributed by atoms with Gasteiger partial charge in [0.2, 0.25) is 11.5 Å². The first kappa shape index (κ1) is 37.1. The van der Waals surface area contributed by atoms with Crippen LogP contribution in [0.3, 0.4) is 0 Å². The van der Waals surface area contributed by atoms with Gasteiger partial charge in [0, 0.05) is 44.7 Å². The van der Waals surface area contributed by atoms with Gasteiger partial charge in [-0.2, -0.15) is 26.3 Å². The second-order valence-electron chi connectivity index (χ2n) is 7.34. The van der Waals surface area contributed by atoms with E-state index in [0.717, 1.165) is 35.8 Å². The van der Waals surface area contributed by atoms with Gasteiger partial charge in [-0.05, 0) is 51.1 Å². The molecular weight excluding hydrogens is 600 g/mol. The number of carbonyl (C=O) groups is 2. The summed E-state index contributed by atoms with van der Waals surface area (Å²) in [7, 11) is 8.35. The number of ketones is 2. The standard InChI is InChI=1S/2C8H5F3O2S.C6H16N2.Zn/c2*9-8(10,11)7(13)4-5(12)6-2-1-3-14-6;1-7(2)5-6-8(3)4;/h2*1-4,13H;5-6H2,1-4H3;/b2*7-4+;;. The fourth-order valence-corrected chi connectivity index (χ4v) is 3.06. The molecule has 2 aromatic heterocycles. The second-order valence-corrected chi connectivity index (χ2v) is 9.24. The third-order valence-electron chi connectivity index (χ3n) is 3.64. The SMILES string of the molecule is CN(C)CCN(C)C.O=C(/C=C(/O)C(F)(F)F)c1cccs1.O=C(/C=C(/O)C(F)(F)F)c1cccs1.[Zn]. The number of alkyl halides is 6. The van der Waals surface area contributed by atoms with Gasteiger partial charge in [0.05, 0.1) is 9.75 Å². The summed E-state index contributed by atoms with van der Waals surface area (Å²) in [6.45, 7) is 2.29. The molecule has 0 aliphatic carbocycles. The number of likely N-dealkylation sites (N-methyl/N-ethyl adjacent to an activating group) is 2. The fraction of sp³-hybridized carbons (Fsp3) is 0.364. The first-order chi connectivity index (χ1) is 16.4. The molecular formula is C22H26F6N2O4S2Zn. The number of carbonyl (C=O) groups excluding carboxylic acids is 2. The van der Waals surface area contributed by atoms with Crippen LogP contribution in [0.25, 0.3) is 0 Å². The van der Waals surface area contributed by atoms with Gasteiger partial charge >= 0.3 is 12.4 Å². The van der Waals surface area contributed by atoms with Crippen molar-refractivity contribution in [3.63, 3.8) is 0 Å². The summed E-state index contributed by atoms with van der Waals surface area (Å²) in [5, 5.41) is 20.1. The van der Waals surface area contributed by atoms with E-state index < -0.39 is 35.4 Å². The molecule has 0 aromatic carbocycles. The number of nitrogens with zero attached hydrogens (tertiary/aromatic N) is 2. The van der Waals surface area contributed by atoms with Crippen molar-refractivity contribution in [3.05, 3.63) is 68.5 Å². The van der Waals surface area contributed by atoms with E-state index in [4.69, 9.17) is 10.2 Å². The van der Waals surface area contributed by atoms with E-state index in [1.807, 2.05) is 0 Å². The molecule has 0 aliphatic rings. The van der Waals surface area contributed by atoms with E-state index >= 15 is 0 Å². The molecule has 37 heavy (non-hydrogen) atoms. The Bertz CT molecular complexity index is 908. The molecule has 0 unspecified atom stereocenters. The van der Waals surface area contributed by atoms with Crippen LogP contribution in [-0.2, 0) is 19.5 Å². The molecule has 0 atom stereocenters. The monoisotopic (exact) mass is 624 g/mol. The van der Waals surface area contributed by atoms with Crippen molar-refractivity contribution in [2.24, 2.45) is 0 Å². The van der Waals surface area contributed by atoms with Crippen molar-refractivity contribution in [1.29, 1.82) is 0 Å². The maximum absolute atomic E-state index is 11.8. The molecule has 2 heterocycles. The number of hydrogen-bond acceptors (Lipinski definition) is 8. The van der Waals surface area contributed by atoms with Crippen LogP contribution >= 0.6 is 22.7 Å². The van der Waals surface area contributed by atoms with E-state index in [9.17, 15) is 35.9 Å². The van der Waals surface area contributed by atoms with Gasteiger partial charge in [-0.3, -0.25) is 9.59 Å². The van der Waals surface area contributed by atoms with Crippen LogP contribution < -0.4 is 0 Å². The number of aliphatic hydroxyl groups is 2. The number of rotatable bonds is 7. The third-order valence-corrected chi connectivity index (χ3v) is 5.41. The van der Waals surface area contributed by atoms with Crippen LogP contribution in [0, 0.1) is 0 Å². The first-order valence-corrected chi connectivity index (χ1v) is 11.6. The van der Waals surface area contributed by atoms with Crippen LogP contribution in [0.5, 0.6) is 0 Å². The molecule has 2 N–H and O–H groups in total. The van der Waals surface area contributed by atoms with E-state index in [-0.39, 0.29) is 41.4 Å². The van der Waals surface area contributed by atoms with Crippen molar-refractivity contribution < 1.29 is 65.6 Å². The third kappa shape index (κ3) is 17.1. The average Bonchev–Trinajstić information content (AvgIpc) is 3.46. The normalized spacial score (nSPS) is 12.2. The molecule has 0 spiro atoms. The van der Waals surface area contributed by atoms with E-state index in [1.165, 1.54) is 24.3 Å². The number of aliphatic hydroxyl groups excluding tert-OH is 2. The average molecular weight is 626 g/mol. The largest absolute Gasteiger partial charge is 0.504 e. The van der Waals surface area contributed by atoms with Gasteiger partial charge in [-0.1, -0.05) is 12.1 Å². The summed E-state index contributed by atoms with van der Waals surface area (Å²) in [6.07, 6.45) is -9.39. The molecule has 204 valence electrons. The first-order valence-electron chi connectivity index (χ1n) is 9.86. The minimum atomic E-state index is -4.87. The Labute approximate surface area is 231 Å². The maximum Gasteiger partial charge on any atom is 0.448 e. The fourth-order valence-electron chi connectivity index (χ4n) is 1.79. The van der Waals surface area contributed by atoms with E-state index in [2.05, 4.69) is 38.0 Å². The Morgan fingerprint density at radius 2 is 1.05 bits per heavy atom. The molecule has 0 radical (unpaired) electrons. The summed E-state index contributed by atoms with van der Waals surface area (Å²) in [5.41, 5.74) is 0. The van der Waals surface area contributed by atoms with Gasteiger partial charge in [-0.15, -0.1) is 22.7 Å². The summed E-state index contributed by atoms with van der Waals surface area (Å²) in [4.78, 5) is 26.7. The number of halogens is 6. The zero-order chi connectivity index (χ0) is 28.1. The number of hydrogen-bond donors (Lipinski definition) is 2. The Kier molecular flexibility index (Phi) is 17.5. The zero-order valence-electron chi connectivity index (χ0n) is 20.4. The Hall–Kier alpha value is -2.06. The van der Waals surface area contributed by atoms with Gasteiger partial charge in [0.25, 0.3) is 0 Å². The van der Waals surface area contributed by atoms with Crippen LogP contribution in [0.1, 0.15) is 19.3 Å². The Morgan fingerprint density at radius 3 is 1.24 bits per heavy atom. The topological polar surface area (TPSA) is 81.1 Å². The molecule has 0 saturated carbocycles. The Balaban J connectivity index is 0. The van der Waals surface area contributed by atoms with Crippen molar-refractivity contribution in [2.45, 2.75) is 12.4 Å². The van der Waals surface area contributed by atoms with Gasteiger partial charge in [-0.25, -0.2) is 0 Å². The number of allylic oxidation sites excluding steroid dienone is 4. The predicted molar refractivity (Wildman–Crippen MR) is 128 cm³/mol. The quantitative estimate of drug-likeness (QED) is 0.130. The minimum Gasteiger partial charge on any atom is -0.504 e. The molecule has 0 bridgehead atoms. The molecule has 0 amide bonds. The molecule has 0 fully saturated rings. The molecule has 2 rings (SSSR count). The van der Waals surface area contributed by atoms with Crippen molar-refractivity contribution >= 4 is 34.2 Å². The summed E-state index contributed by atoms with van der Waals surface area (Å²) in [6, 6.07) is 5.84. The van der Waals surface area contributed by atoms with Crippen molar-refractivity contribution in [3.8, 4) is 0 Å².